The molecule has 1 saturated carbocycles. The van der Waals surface area contributed by atoms with E-state index in [1.165, 1.54) is 44.1 Å². The molecule has 2 aromatic carbocycles. The number of carboxylic acids is 1. The van der Waals surface area contributed by atoms with E-state index in [9.17, 15) is 4.79 Å². The molecule has 3 rings (SSSR count). The molecule has 0 radical (unpaired) electrons. The van der Waals surface area contributed by atoms with Crippen LogP contribution in [0, 0.1) is 12.8 Å². The van der Waals surface area contributed by atoms with Gasteiger partial charge < -0.3 is 20.5 Å². The number of aryl methyl sites for hydroxylation is 2. The van der Waals surface area contributed by atoms with Crippen LogP contribution in [0.25, 0.3) is 0 Å². The molecule has 0 unspecified atom stereocenters. The second-order valence-corrected chi connectivity index (χ2v) is 9.07. The number of aliphatic carboxylic acids is 1. The van der Waals surface area contributed by atoms with Crippen LogP contribution in [0.2, 0.25) is 0 Å². The molecule has 174 valence electrons. The molecule has 0 spiro atoms. The quantitative estimate of drug-likeness (QED) is 0.322. The Morgan fingerprint density at radius 3 is 2.56 bits per heavy atom. The summed E-state index contributed by atoms with van der Waals surface area (Å²) in [5.74, 6) is 0.931. The number of nitrogens with zero attached hydrogens (tertiary/aromatic N) is 1. The number of hydrogen-bond donors (Lipinski definition) is 2. The lowest BCUT2D eigenvalue weighted by atomic mass is 9.87. The molecule has 0 aliphatic heterocycles. The highest BCUT2D eigenvalue weighted by atomic mass is 16.5. The molecule has 0 amide bonds. The third-order valence-electron chi connectivity index (χ3n) is 6.49. The molecular weight excluding hydrogens is 400 g/mol. The lowest BCUT2D eigenvalue weighted by Crippen LogP contribution is -2.29. The molecule has 0 atom stereocenters. The number of rotatable bonds is 12. The van der Waals surface area contributed by atoms with Crippen molar-refractivity contribution >= 4 is 17.3 Å². The van der Waals surface area contributed by atoms with Crippen molar-refractivity contribution in [2.75, 3.05) is 30.3 Å². The van der Waals surface area contributed by atoms with Gasteiger partial charge in [0, 0.05) is 30.9 Å². The van der Waals surface area contributed by atoms with Crippen LogP contribution in [0.1, 0.15) is 62.5 Å². The molecule has 1 fully saturated rings. The number of carboxylic acid groups (broad SMARTS) is 1. The van der Waals surface area contributed by atoms with Crippen molar-refractivity contribution in [3.05, 3.63) is 53.6 Å². The van der Waals surface area contributed by atoms with Crippen molar-refractivity contribution < 1.29 is 14.6 Å². The maximum Gasteiger partial charge on any atom is 0.303 e. The number of nitrogen functional groups attached to an aromatic ring is 1. The smallest absolute Gasteiger partial charge is 0.303 e. The van der Waals surface area contributed by atoms with Crippen LogP contribution in [0.4, 0.5) is 11.4 Å². The summed E-state index contributed by atoms with van der Waals surface area (Å²) in [6, 6.07) is 14.2. The zero-order valence-electron chi connectivity index (χ0n) is 19.4. The molecule has 5 heteroatoms. The van der Waals surface area contributed by atoms with Crippen molar-refractivity contribution in [2.45, 2.75) is 64.7 Å². The van der Waals surface area contributed by atoms with Crippen LogP contribution in [0.5, 0.6) is 5.75 Å². The summed E-state index contributed by atoms with van der Waals surface area (Å²) in [5, 5.41) is 9.06. The molecular formula is C27H38N2O3. The van der Waals surface area contributed by atoms with E-state index in [4.69, 9.17) is 15.6 Å². The molecule has 0 saturated heterocycles. The summed E-state index contributed by atoms with van der Waals surface area (Å²) in [6.07, 6.45) is 9.46. The number of carbonyl (C=O) groups is 1. The van der Waals surface area contributed by atoms with Gasteiger partial charge in [-0.05, 0) is 68.0 Å². The summed E-state index contributed by atoms with van der Waals surface area (Å²) in [6.45, 7) is 4.66. The predicted octanol–water partition coefficient (Wildman–Crippen LogP) is 5.84. The summed E-state index contributed by atoms with van der Waals surface area (Å²) >= 11 is 0. The SMILES string of the molecule is Cc1ccc(OCCCN(CCC2CCCCC2)c2ccc(N)c(CCC(=O)O)c2)cc1. The third kappa shape index (κ3) is 7.77. The van der Waals surface area contributed by atoms with E-state index in [-0.39, 0.29) is 6.42 Å². The van der Waals surface area contributed by atoms with Crippen molar-refractivity contribution in [2.24, 2.45) is 5.92 Å². The van der Waals surface area contributed by atoms with Gasteiger partial charge in [-0.2, -0.15) is 0 Å². The Hall–Kier alpha value is -2.69. The van der Waals surface area contributed by atoms with Crippen LogP contribution in [-0.4, -0.2) is 30.8 Å². The molecule has 32 heavy (non-hydrogen) atoms. The van der Waals surface area contributed by atoms with Gasteiger partial charge >= 0.3 is 5.97 Å². The fourth-order valence-corrected chi connectivity index (χ4v) is 4.51. The lowest BCUT2D eigenvalue weighted by molar-refractivity contribution is -0.136. The molecule has 0 bridgehead atoms. The first kappa shape index (κ1) is 24.0. The Morgan fingerprint density at radius 2 is 1.84 bits per heavy atom. The first-order valence-electron chi connectivity index (χ1n) is 12.1. The third-order valence-corrected chi connectivity index (χ3v) is 6.49. The number of benzene rings is 2. The van der Waals surface area contributed by atoms with Gasteiger partial charge in [0.1, 0.15) is 5.75 Å². The standard InChI is InChI=1S/C27H38N2O3/c1-21-8-12-25(13-9-21)32-19-5-17-29(18-16-22-6-3-2-4-7-22)24-11-14-26(28)23(20-24)10-15-27(30)31/h8-9,11-14,20,22H,2-7,10,15-19,28H2,1H3,(H,30,31). The van der Waals surface area contributed by atoms with Gasteiger partial charge in [-0.25, -0.2) is 0 Å². The normalized spacial score (nSPS) is 14.3. The van der Waals surface area contributed by atoms with Crippen LogP contribution in [0.3, 0.4) is 0 Å². The van der Waals surface area contributed by atoms with Crippen molar-refractivity contribution in [3.63, 3.8) is 0 Å². The zero-order valence-corrected chi connectivity index (χ0v) is 19.4. The monoisotopic (exact) mass is 438 g/mol. The minimum absolute atomic E-state index is 0.0973. The summed E-state index contributed by atoms with van der Waals surface area (Å²) in [7, 11) is 0. The lowest BCUT2D eigenvalue weighted by Gasteiger charge is -2.29. The van der Waals surface area contributed by atoms with E-state index in [0.717, 1.165) is 42.4 Å². The predicted molar refractivity (Wildman–Crippen MR) is 132 cm³/mol. The molecule has 1 aliphatic carbocycles. The van der Waals surface area contributed by atoms with Gasteiger partial charge in [-0.1, -0.05) is 49.8 Å². The molecule has 5 nitrogen and oxygen atoms in total. The van der Waals surface area contributed by atoms with E-state index >= 15 is 0 Å². The van der Waals surface area contributed by atoms with E-state index in [1.807, 2.05) is 18.2 Å². The largest absolute Gasteiger partial charge is 0.494 e. The zero-order chi connectivity index (χ0) is 22.8. The van der Waals surface area contributed by atoms with Crippen molar-refractivity contribution in [1.29, 1.82) is 0 Å². The Bertz CT molecular complexity index is 844. The molecule has 0 aromatic heterocycles. The average Bonchev–Trinajstić information content (AvgIpc) is 2.80. The van der Waals surface area contributed by atoms with Crippen LogP contribution in [0.15, 0.2) is 42.5 Å². The second-order valence-electron chi connectivity index (χ2n) is 9.07. The maximum atomic E-state index is 11.0. The van der Waals surface area contributed by atoms with Gasteiger partial charge in [0.2, 0.25) is 0 Å². The summed E-state index contributed by atoms with van der Waals surface area (Å²) < 4.78 is 5.94. The second kappa shape index (κ2) is 12.4. The Morgan fingerprint density at radius 1 is 1.09 bits per heavy atom. The Labute approximate surface area is 192 Å². The number of nitrogens with two attached hydrogens (primary N) is 1. The van der Waals surface area contributed by atoms with E-state index in [2.05, 4.69) is 36.1 Å². The molecule has 2 aromatic rings. The Balaban J connectivity index is 1.61. The first-order valence-corrected chi connectivity index (χ1v) is 12.1. The van der Waals surface area contributed by atoms with E-state index in [0.29, 0.717) is 18.7 Å². The highest BCUT2D eigenvalue weighted by molar-refractivity contribution is 5.68. The van der Waals surface area contributed by atoms with Gasteiger partial charge in [-0.15, -0.1) is 0 Å². The van der Waals surface area contributed by atoms with Crippen LogP contribution in [-0.2, 0) is 11.2 Å². The summed E-state index contributed by atoms with van der Waals surface area (Å²) in [4.78, 5) is 13.5. The Kier molecular flexibility index (Phi) is 9.27. The maximum absolute atomic E-state index is 11.0. The van der Waals surface area contributed by atoms with Gasteiger partial charge in [0.15, 0.2) is 0 Å². The van der Waals surface area contributed by atoms with E-state index in [1.54, 1.807) is 0 Å². The van der Waals surface area contributed by atoms with Gasteiger partial charge in [-0.3, -0.25) is 4.79 Å². The average molecular weight is 439 g/mol. The van der Waals surface area contributed by atoms with Gasteiger partial charge in [0.25, 0.3) is 0 Å². The fourth-order valence-electron chi connectivity index (χ4n) is 4.51. The summed E-state index contributed by atoms with van der Waals surface area (Å²) in [5.41, 5.74) is 10.1. The fraction of sp³-hybridized carbons (Fsp3) is 0.519. The minimum atomic E-state index is -0.794. The molecule has 0 heterocycles. The first-order chi connectivity index (χ1) is 15.5. The topological polar surface area (TPSA) is 75.8 Å². The highest BCUT2D eigenvalue weighted by Gasteiger charge is 2.16. The number of ether oxygens (including phenoxy) is 1. The minimum Gasteiger partial charge on any atom is -0.494 e. The van der Waals surface area contributed by atoms with Crippen molar-refractivity contribution in [1.82, 2.24) is 0 Å². The molecule has 3 N–H and O–H groups in total. The molecule has 1 aliphatic rings. The highest BCUT2D eigenvalue weighted by Crippen LogP contribution is 2.28. The van der Waals surface area contributed by atoms with Crippen LogP contribution < -0.4 is 15.4 Å². The van der Waals surface area contributed by atoms with Gasteiger partial charge in [0.05, 0.1) is 6.61 Å². The van der Waals surface area contributed by atoms with Crippen LogP contribution >= 0.6 is 0 Å². The number of anilines is 2. The van der Waals surface area contributed by atoms with E-state index < -0.39 is 5.97 Å². The van der Waals surface area contributed by atoms with Crippen molar-refractivity contribution in [3.8, 4) is 5.75 Å². The number of hydrogen-bond acceptors (Lipinski definition) is 4.